The van der Waals surface area contributed by atoms with Crippen molar-refractivity contribution in [2.75, 3.05) is 0 Å². The number of halogens is 1. The molecule has 1 aliphatic rings. The van der Waals surface area contributed by atoms with Crippen LogP contribution in [0.15, 0.2) is 12.4 Å². The van der Waals surface area contributed by atoms with Crippen LogP contribution < -0.4 is 0 Å². The summed E-state index contributed by atoms with van der Waals surface area (Å²) in [5, 5.41) is 0. The van der Waals surface area contributed by atoms with Crippen molar-refractivity contribution in [3.8, 4) is 0 Å². The number of rotatable bonds is 2. The van der Waals surface area contributed by atoms with Gasteiger partial charge in [0.2, 0.25) is 5.83 Å². The quantitative estimate of drug-likeness (QED) is 0.376. The van der Waals surface area contributed by atoms with E-state index in [2.05, 4.69) is 13.0 Å². The van der Waals surface area contributed by atoms with Crippen molar-refractivity contribution in [2.45, 2.75) is 31.8 Å². The second kappa shape index (κ2) is 4.91. The maximum atomic E-state index is 12.2. The molecule has 1 saturated carbocycles. The molecule has 0 spiro atoms. The third-order valence-corrected chi connectivity index (χ3v) is 1.88. The average molecular weight is 438 g/mol. The minimum absolute atomic E-state index is 0. The molecule has 0 bridgehead atoms. The van der Waals surface area contributed by atoms with Crippen LogP contribution in [0.1, 0.15) is 25.7 Å². The number of esters is 1. The monoisotopic (exact) mass is 438 g/mol. The summed E-state index contributed by atoms with van der Waals surface area (Å²) in [6, 6.07) is 0. The van der Waals surface area contributed by atoms with Gasteiger partial charge in [-0.05, 0) is 12.8 Å². The fourth-order valence-corrected chi connectivity index (χ4v) is 1.23. The van der Waals surface area contributed by atoms with Gasteiger partial charge in [-0.2, -0.15) is 17.2 Å². The molecule has 1 fully saturated rings. The first-order chi connectivity index (χ1) is 5.70. The van der Waals surface area contributed by atoms with E-state index in [0.717, 1.165) is 25.7 Å². The Labute approximate surface area is 71.4 Å². The van der Waals surface area contributed by atoms with Gasteiger partial charge in [-0.1, -0.05) is 6.58 Å². The Morgan fingerprint density at radius 3 is 2.46 bits per heavy atom. The number of carbonyl (C=O) groups excluding carboxylic acids is 1. The van der Waals surface area contributed by atoms with Crippen LogP contribution in [0.2, 0.25) is 0 Å². The van der Waals surface area contributed by atoms with Crippen LogP contribution in [0, 0.1) is 6.42 Å². The first kappa shape index (κ1) is 11.1. The maximum Gasteiger partial charge on any atom is 0.366 e. The fourth-order valence-electron chi connectivity index (χ4n) is 1.23. The summed E-state index contributed by atoms with van der Waals surface area (Å²) in [7, 11) is 0. The molecule has 0 aliphatic heterocycles. The Balaban J connectivity index is 0.00000144. The van der Waals surface area contributed by atoms with Gasteiger partial charge in [0.15, 0.2) is 0 Å². The van der Waals surface area contributed by atoms with E-state index in [1.807, 2.05) is 0 Å². The standard InChI is InChI=1S/C9H12FO2.Rf/c1-7(10)9(11)12-8-5-3-2-4-6-8;/h2,8H,1,3-6H2;/q-1;. The van der Waals surface area contributed by atoms with Gasteiger partial charge in [0.1, 0.15) is 0 Å². The summed E-state index contributed by atoms with van der Waals surface area (Å²) in [6.07, 6.45) is 5.52. The smallest absolute Gasteiger partial charge is 0.366 e. The minimum atomic E-state index is -1.01. The molecule has 13 heavy (non-hydrogen) atoms. The zero-order chi connectivity index (χ0) is 8.97. The average Bonchev–Trinajstić information content (AvgIpc) is 2.06. The molecule has 2 nitrogen and oxygen atoms in total. The van der Waals surface area contributed by atoms with Crippen LogP contribution in [-0.4, -0.2) is 12.1 Å². The van der Waals surface area contributed by atoms with Crippen LogP contribution in [0.3, 0.4) is 0 Å². The summed E-state index contributed by atoms with van der Waals surface area (Å²) < 4.78 is 17.0. The van der Waals surface area contributed by atoms with Crippen molar-refractivity contribution in [3.63, 3.8) is 0 Å². The molecule has 0 heterocycles. The predicted molar refractivity (Wildman–Crippen MR) is 42.9 cm³/mol. The van der Waals surface area contributed by atoms with Crippen LogP contribution in [0.5, 0.6) is 0 Å². The number of hydrogen-bond donors (Lipinski definition) is 0. The number of hydrogen-bond acceptors (Lipinski definition) is 2. The maximum absolute atomic E-state index is 12.2. The van der Waals surface area contributed by atoms with Crippen LogP contribution in [-0.2, 0) is 9.53 Å². The SMILES string of the molecule is C=C(F)C(=O)OC1CC[CH-]CC1.[Rf]. The van der Waals surface area contributed by atoms with Gasteiger partial charge in [-0.3, -0.25) is 0 Å². The molecule has 0 aromatic carbocycles. The summed E-state index contributed by atoms with van der Waals surface area (Å²) in [4.78, 5) is 10.7. The first-order valence-electron chi connectivity index (χ1n) is 4.07. The van der Waals surface area contributed by atoms with Crippen LogP contribution >= 0.6 is 0 Å². The zero-order valence-electron chi connectivity index (χ0n) is 7.59. The van der Waals surface area contributed by atoms with Crippen LogP contribution in [0.4, 0.5) is 4.39 Å². The molecule has 0 saturated heterocycles. The number of ether oxygens (including phenoxy) is 1. The van der Waals surface area contributed by atoms with E-state index in [1.54, 1.807) is 0 Å². The molecule has 0 unspecified atom stereocenters. The molecular formula is C9H12FO2Rf-. The van der Waals surface area contributed by atoms with Crippen molar-refractivity contribution in [1.29, 1.82) is 0 Å². The van der Waals surface area contributed by atoms with Gasteiger partial charge in [0.05, 0.1) is 6.10 Å². The van der Waals surface area contributed by atoms with E-state index in [0.29, 0.717) is 0 Å². The second-order valence-corrected chi connectivity index (χ2v) is 2.88. The van der Waals surface area contributed by atoms with E-state index in [1.165, 1.54) is 0 Å². The Morgan fingerprint density at radius 2 is 2.00 bits per heavy atom. The summed E-state index contributed by atoms with van der Waals surface area (Å²) in [6.45, 7) is 2.87. The molecule has 0 amide bonds. The van der Waals surface area contributed by atoms with Gasteiger partial charge < -0.3 is 11.2 Å². The van der Waals surface area contributed by atoms with Gasteiger partial charge in [0, 0.05) is 0 Å². The van der Waals surface area contributed by atoms with E-state index >= 15 is 0 Å². The molecule has 4 heteroatoms. The van der Waals surface area contributed by atoms with Gasteiger partial charge >= 0.3 is 5.97 Å². The topological polar surface area (TPSA) is 26.3 Å². The Bertz CT molecular complexity index is 188. The van der Waals surface area contributed by atoms with E-state index in [-0.39, 0.29) is 6.10 Å². The van der Waals surface area contributed by atoms with Gasteiger partial charge in [-0.15, -0.1) is 0 Å². The third kappa shape index (κ3) is 3.36. The molecule has 0 aromatic heterocycles. The van der Waals surface area contributed by atoms with E-state index < -0.39 is 11.8 Å². The molecule has 0 aromatic rings. The Morgan fingerprint density at radius 1 is 1.46 bits per heavy atom. The van der Waals surface area contributed by atoms with Gasteiger partial charge in [0.25, 0.3) is 0 Å². The Hall–Kier alpha value is -1.86. The van der Waals surface area contributed by atoms with Crippen molar-refractivity contribution in [2.24, 2.45) is 0 Å². The predicted octanol–water partition coefficient (Wildman–Crippen LogP) is 2.16. The Kier molecular flexibility index (Phi) is 4.20. The summed E-state index contributed by atoms with van der Waals surface area (Å²) in [5.41, 5.74) is 0. The van der Waals surface area contributed by atoms with Crippen molar-refractivity contribution in [1.82, 2.24) is 0 Å². The molecule has 0 atom stereocenters. The second-order valence-electron chi connectivity index (χ2n) is 2.88. The first-order valence-corrected chi connectivity index (χ1v) is 4.07. The molecule has 0 N–H and O–H groups in total. The largest absolute Gasteiger partial charge is 0.457 e. The summed E-state index contributed by atoms with van der Waals surface area (Å²) >= 11 is 0. The minimum Gasteiger partial charge on any atom is -0.457 e. The normalized spacial score (nSPS) is 17.3. The van der Waals surface area contributed by atoms with E-state index in [4.69, 9.17) is 4.74 Å². The molecule has 1 rings (SSSR count). The molecule has 1 aliphatic carbocycles. The van der Waals surface area contributed by atoms with Crippen molar-refractivity contribution in [3.05, 3.63) is 18.8 Å². The van der Waals surface area contributed by atoms with E-state index in [9.17, 15) is 9.18 Å². The zero-order valence-corrected chi connectivity index (χ0v) is 14.0. The summed E-state index contributed by atoms with van der Waals surface area (Å²) in [5.74, 6) is -1.92. The molecule has 0 radical (unpaired) electrons. The van der Waals surface area contributed by atoms with Crippen molar-refractivity contribution >= 4 is 5.97 Å². The van der Waals surface area contributed by atoms with Gasteiger partial charge in [-0.25, -0.2) is 4.79 Å². The molecule has 70 valence electrons. The van der Waals surface area contributed by atoms with Crippen molar-refractivity contribution < 1.29 is 13.9 Å². The van der Waals surface area contributed by atoms with Crippen LogP contribution in [0.25, 0.3) is 0 Å². The third-order valence-electron chi connectivity index (χ3n) is 1.88. The number of carbonyl (C=O) groups is 1. The fraction of sp³-hybridized carbons (Fsp3) is 0.556. The molecular weight excluding hydrogens is 426 g/mol.